The molecule has 0 aliphatic carbocycles. The first-order valence-corrected chi connectivity index (χ1v) is 51.2. The van der Waals surface area contributed by atoms with Crippen LogP contribution in [0.3, 0.4) is 0 Å². The van der Waals surface area contributed by atoms with E-state index in [0.29, 0.717) is 98.7 Å². The molecule has 0 aliphatic heterocycles. The fraction of sp³-hybridized carbons (Fsp3) is 0.557. The molecule has 18 nitrogen and oxygen atoms in total. The molecule has 0 saturated heterocycles. The van der Waals surface area contributed by atoms with E-state index in [9.17, 15) is 14.4 Å². The number of hydrogen-bond acceptors (Lipinski definition) is 16. The van der Waals surface area contributed by atoms with Crippen LogP contribution < -0.4 is 62.7 Å². The van der Waals surface area contributed by atoms with Crippen LogP contribution in [-0.4, -0.2) is 69.2 Å². The minimum absolute atomic E-state index is 0.0728. The van der Waals surface area contributed by atoms with E-state index in [1.165, 1.54) is 245 Å². The summed E-state index contributed by atoms with van der Waals surface area (Å²) < 4.78 is 82.0. The van der Waals surface area contributed by atoms with Crippen LogP contribution in [0.4, 0.5) is 4.79 Å². The summed E-state index contributed by atoms with van der Waals surface area (Å²) in [6.45, 7) is 20.2. The molecular formula is C115H164N2O16. The average Bonchev–Trinajstić information content (AvgIpc) is 0.840. The lowest BCUT2D eigenvalue weighted by Gasteiger charge is -2.24. The molecule has 0 aliphatic rings. The number of unbranched alkanes of at least 4 members (excludes halogenated alkanes) is 36. The third-order valence-electron chi connectivity index (χ3n) is 23.7. The Morgan fingerprint density at radius 1 is 0.256 bits per heavy atom. The van der Waals surface area contributed by atoms with Crippen molar-refractivity contribution in [3.05, 3.63) is 220 Å². The van der Waals surface area contributed by atoms with Gasteiger partial charge in [0.2, 0.25) is 5.91 Å². The SMILES string of the molecule is CCCCCCCCCCCCOc1ccc(COc2cc(COc3cc(COc4ccc(C[C@@H](NC(=O)OC(C)(C)C)C(=O)N[C@@H](C)C(=O)OC)cc4)cc(OCc4cc(OCc5ccc(OCCCCCCCCCCCC)cc5)cc(OCc5ccc(OCCCCCCCCCCCC)cc5)c4)c3)cc(OCc3ccc(OCCCCCCCCCCCC)cc3)c2)cc1. The van der Waals surface area contributed by atoms with Crippen LogP contribution >= 0.6 is 0 Å². The largest absolute Gasteiger partial charge is 0.494 e. The summed E-state index contributed by atoms with van der Waals surface area (Å²) in [7, 11) is 1.25. The molecular weight excluding hydrogens is 1670 g/mol. The van der Waals surface area contributed by atoms with Crippen molar-refractivity contribution in [2.45, 2.75) is 383 Å². The van der Waals surface area contributed by atoms with Gasteiger partial charge in [-0.25, -0.2) is 9.59 Å². The Hall–Kier alpha value is -10.2. The average molecular weight is 1830 g/mol. The number of carbonyl (C=O) groups excluding carboxylic acids is 3. The van der Waals surface area contributed by atoms with Crippen molar-refractivity contribution in [2.75, 3.05) is 33.5 Å². The Morgan fingerprint density at radius 3 is 0.699 bits per heavy atom. The third-order valence-corrected chi connectivity index (χ3v) is 23.7. The van der Waals surface area contributed by atoms with Crippen LogP contribution in [0.1, 0.15) is 357 Å². The Labute approximate surface area is 799 Å². The van der Waals surface area contributed by atoms with Gasteiger partial charge in [0, 0.05) is 24.6 Å². The molecule has 0 bridgehead atoms. The van der Waals surface area contributed by atoms with E-state index in [4.69, 9.17) is 61.6 Å². The second-order valence-electron chi connectivity index (χ2n) is 37.0. The van der Waals surface area contributed by atoms with Crippen LogP contribution in [0.5, 0.6) is 63.2 Å². The number of ether oxygens (including phenoxy) is 13. The monoisotopic (exact) mass is 1830 g/mol. The van der Waals surface area contributed by atoms with E-state index in [1.54, 1.807) is 32.9 Å². The first kappa shape index (κ1) is 108. The second kappa shape index (κ2) is 66.2. The number of methoxy groups -OCH3 is 1. The van der Waals surface area contributed by atoms with E-state index in [1.807, 2.05) is 115 Å². The van der Waals surface area contributed by atoms with E-state index in [2.05, 4.69) is 86.9 Å². The van der Waals surface area contributed by atoms with Gasteiger partial charge >= 0.3 is 12.1 Å². The van der Waals surface area contributed by atoms with Crippen LogP contribution in [0.15, 0.2) is 176 Å². The van der Waals surface area contributed by atoms with Crippen molar-refractivity contribution >= 4 is 18.0 Å². The van der Waals surface area contributed by atoms with Gasteiger partial charge in [0.15, 0.2) is 0 Å². The maximum absolute atomic E-state index is 13.7. The molecule has 0 saturated carbocycles. The van der Waals surface area contributed by atoms with Gasteiger partial charge in [-0.2, -0.15) is 0 Å². The van der Waals surface area contributed by atoms with E-state index < -0.39 is 35.7 Å². The van der Waals surface area contributed by atoms with Crippen LogP contribution in [0, 0.1) is 0 Å². The molecule has 18 heteroatoms. The molecule has 133 heavy (non-hydrogen) atoms. The zero-order valence-electron chi connectivity index (χ0n) is 82.7. The van der Waals surface area contributed by atoms with Gasteiger partial charge in [0.1, 0.15) is 127 Å². The number of carbonyl (C=O) groups is 3. The quantitative estimate of drug-likeness (QED) is 0.0270. The standard InChI is InChI=1S/C115H164N2O16/c1-10-14-18-22-26-30-34-38-42-46-70-122-100-62-52-93(53-63-100)84-127-105-76-98(77-106(81-105)128-85-94-54-64-101(65-55-94)123-71-47-43-39-35-31-27-23-19-15-11-2)89-131-109-74-97(88-126-104-60-50-92(51-61-104)80-111(117-114(120)133-115(6,7)8)112(118)116-91(5)113(119)121-9)75-110(83-109)132-90-99-78-107(129-86-95-56-66-102(67-57-95)124-72-48-44-40-36-32-28-24-20-16-12-3)82-108(79-99)130-87-96-58-68-103(69-59-96)125-73-49-45-41-37-33-29-25-21-17-13-4/h50-69,74-79,81-83,91,111H,10-49,70-73,80,84-90H2,1-9H3,(H,116,118)(H,117,120)/t91-,111+/m0/s1. The number of rotatable bonds is 75. The highest BCUT2D eigenvalue weighted by atomic mass is 16.6. The molecule has 2 amide bonds. The van der Waals surface area contributed by atoms with Gasteiger partial charge in [-0.05, 0) is 195 Å². The van der Waals surface area contributed by atoms with Gasteiger partial charge in [0.05, 0.1) is 33.5 Å². The first-order valence-electron chi connectivity index (χ1n) is 51.2. The maximum Gasteiger partial charge on any atom is 0.408 e. The predicted octanol–water partition coefficient (Wildman–Crippen LogP) is 30.1. The van der Waals surface area contributed by atoms with Crippen molar-refractivity contribution in [3.63, 3.8) is 0 Å². The maximum atomic E-state index is 13.7. The number of esters is 1. The molecule has 8 aromatic rings. The Kier molecular flexibility index (Phi) is 53.8. The second-order valence-corrected chi connectivity index (χ2v) is 37.0. The van der Waals surface area contributed by atoms with Gasteiger partial charge in [-0.1, -0.05) is 320 Å². The topological polar surface area (TPSA) is 195 Å². The molecule has 730 valence electrons. The zero-order valence-corrected chi connectivity index (χ0v) is 82.7. The number of amides is 2. The lowest BCUT2D eigenvalue weighted by molar-refractivity contribution is -0.144. The van der Waals surface area contributed by atoms with Crippen molar-refractivity contribution in [1.82, 2.24) is 10.6 Å². The van der Waals surface area contributed by atoms with Crippen LogP contribution in [-0.2, 0) is 71.7 Å². The Morgan fingerprint density at radius 2 is 0.466 bits per heavy atom. The molecule has 0 heterocycles. The van der Waals surface area contributed by atoms with Crippen LogP contribution in [0.25, 0.3) is 0 Å². The van der Waals surface area contributed by atoms with Gasteiger partial charge < -0.3 is 72.2 Å². The van der Waals surface area contributed by atoms with E-state index >= 15 is 0 Å². The van der Waals surface area contributed by atoms with Gasteiger partial charge in [0.25, 0.3) is 0 Å². The van der Waals surface area contributed by atoms with Crippen molar-refractivity contribution in [2.24, 2.45) is 0 Å². The summed E-state index contributed by atoms with van der Waals surface area (Å²) in [5.74, 6) is 6.18. The summed E-state index contributed by atoms with van der Waals surface area (Å²) in [5.41, 5.74) is 6.21. The molecule has 0 fully saturated rings. The highest BCUT2D eigenvalue weighted by Crippen LogP contribution is 2.33. The van der Waals surface area contributed by atoms with E-state index in [0.717, 1.165) is 87.6 Å². The van der Waals surface area contributed by atoms with Crippen molar-refractivity contribution in [3.8, 4) is 63.2 Å². The summed E-state index contributed by atoms with van der Waals surface area (Å²) in [6, 6.07) is 55.4. The highest BCUT2D eigenvalue weighted by molar-refractivity contribution is 5.89. The normalized spacial score (nSPS) is 11.7. The highest BCUT2D eigenvalue weighted by Gasteiger charge is 2.28. The minimum atomic E-state index is -1.10. The summed E-state index contributed by atoms with van der Waals surface area (Å²) in [5, 5.41) is 5.36. The third kappa shape index (κ3) is 48.5. The van der Waals surface area contributed by atoms with Crippen LogP contribution in [0.2, 0.25) is 0 Å². The minimum Gasteiger partial charge on any atom is -0.494 e. The number of nitrogens with one attached hydrogen (secondary N) is 2. The van der Waals surface area contributed by atoms with E-state index in [-0.39, 0.29) is 26.2 Å². The Balaban J connectivity index is 1.01. The Bertz CT molecular complexity index is 4000. The molecule has 2 atom stereocenters. The van der Waals surface area contributed by atoms with Gasteiger partial charge in [-0.3, -0.25) is 4.79 Å². The predicted molar refractivity (Wildman–Crippen MR) is 538 cm³/mol. The summed E-state index contributed by atoms with van der Waals surface area (Å²) in [6.07, 6.45) is 50.3. The molecule has 0 radical (unpaired) electrons. The lowest BCUT2D eigenvalue weighted by Crippen LogP contribution is -2.52. The first-order chi connectivity index (χ1) is 65.0. The molecule has 8 aromatic carbocycles. The fourth-order valence-electron chi connectivity index (χ4n) is 15.8. The van der Waals surface area contributed by atoms with Crippen molar-refractivity contribution in [1.29, 1.82) is 0 Å². The number of alkyl carbamates (subject to hydrolysis) is 1. The number of hydrogen-bond donors (Lipinski definition) is 2. The smallest absolute Gasteiger partial charge is 0.408 e. The van der Waals surface area contributed by atoms with Crippen molar-refractivity contribution < 1.29 is 76.0 Å². The fourth-order valence-corrected chi connectivity index (χ4v) is 15.8. The molecule has 0 spiro atoms. The number of benzene rings is 8. The molecule has 8 rings (SSSR count). The van der Waals surface area contributed by atoms with Gasteiger partial charge in [-0.15, -0.1) is 0 Å². The summed E-state index contributed by atoms with van der Waals surface area (Å²) in [4.78, 5) is 39.2. The molecule has 2 N–H and O–H groups in total. The molecule has 0 aromatic heterocycles. The zero-order chi connectivity index (χ0) is 94.2. The summed E-state index contributed by atoms with van der Waals surface area (Å²) >= 11 is 0. The molecule has 0 unspecified atom stereocenters. The lowest BCUT2D eigenvalue weighted by atomic mass is 10.0.